The average molecular weight is 373 g/mol. The third-order valence-corrected chi connectivity index (χ3v) is 5.33. The van der Waals surface area contributed by atoms with Crippen molar-refractivity contribution in [3.05, 3.63) is 28.9 Å². The molecule has 11 heteroatoms. The van der Waals surface area contributed by atoms with Crippen LogP contribution < -0.4 is 10.5 Å². The van der Waals surface area contributed by atoms with Crippen molar-refractivity contribution in [3.63, 3.8) is 0 Å². The van der Waals surface area contributed by atoms with E-state index >= 15 is 0 Å². The van der Waals surface area contributed by atoms with Gasteiger partial charge in [0.1, 0.15) is 23.1 Å². The number of anilines is 1. The average Bonchev–Trinajstić information content (AvgIpc) is 2.93. The Balaban J connectivity index is 1.90. The number of aromatic nitrogens is 4. The Morgan fingerprint density at radius 2 is 2.33 bits per heavy atom. The summed E-state index contributed by atoms with van der Waals surface area (Å²) in [5.74, 6) is 0.970. The Kier molecular flexibility index (Phi) is 4.72. The normalized spacial score (nSPS) is 17.7. The Hall–Kier alpha value is -1.75. The summed E-state index contributed by atoms with van der Waals surface area (Å²) in [6.45, 7) is 0.954. The van der Waals surface area contributed by atoms with Gasteiger partial charge >= 0.3 is 0 Å². The van der Waals surface area contributed by atoms with E-state index in [1.807, 2.05) is 0 Å². The van der Waals surface area contributed by atoms with E-state index in [1.165, 1.54) is 12.3 Å². The molecule has 3 rings (SSSR count). The molecule has 0 aliphatic carbocycles. The highest BCUT2D eigenvalue weighted by molar-refractivity contribution is 7.89. The maximum Gasteiger partial charge on any atom is 0.244 e. The molecule has 130 valence electrons. The minimum atomic E-state index is -3.89. The maximum atomic E-state index is 12.6. The van der Waals surface area contributed by atoms with Crippen LogP contribution in [0.1, 0.15) is 30.5 Å². The fraction of sp³-hybridized carbons (Fsp3) is 0.462. The van der Waals surface area contributed by atoms with Gasteiger partial charge in [-0.05, 0) is 18.9 Å². The van der Waals surface area contributed by atoms with Gasteiger partial charge in [-0.1, -0.05) is 11.6 Å². The smallest absolute Gasteiger partial charge is 0.244 e. The molecule has 9 nitrogen and oxygen atoms in total. The van der Waals surface area contributed by atoms with Gasteiger partial charge in [-0.3, -0.25) is 0 Å². The molecule has 2 aromatic heterocycles. The highest BCUT2D eigenvalue weighted by atomic mass is 35.5. The van der Waals surface area contributed by atoms with Crippen LogP contribution in [0.15, 0.2) is 17.2 Å². The number of nitrogens with zero attached hydrogens (tertiary/aromatic N) is 4. The largest absolute Gasteiger partial charge is 0.383 e. The van der Waals surface area contributed by atoms with Crippen LogP contribution >= 0.6 is 11.6 Å². The van der Waals surface area contributed by atoms with Crippen LogP contribution in [0.5, 0.6) is 0 Å². The molecular weight excluding hydrogens is 356 g/mol. The third-order valence-electron chi connectivity index (χ3n) is 3.63. The van der Waals surface area contributed by atoms with E-state index in [0.717, 1.165) is 6.42 Å². The predicted molar refractivity (Wildman–Crippen MR) is 86.7 cm³/mol. The van der Waals surface area contributed by atoms with Crippen LogP contribution in [-0.4, -0.2) is 35.3 Å². The molecule has 0 fully saturated rings. The van der Waals surface area contributed by atoms with E-state index in [2.05, 4.69) is 19.8 Å². The summed E-state index contributed by atoms with van der Waals surface area (Å²) < 4.78 is 34.6. The van der Waals surface area contributed by atoms with Gasteiger partial charge in [-0.15, -0.1) is 0 Å². The number of halogens is 1. The van der Waals surface area contributed by atoms with Crippen LogP contribution in [0.2, 0.25) is 5.02 Å². The Morgan fingerprint density at radius 1 is 1.54 bits per heavy atom. The number of aryl methyl sites for hydroxylation is 1. The minimum absolute atomic E-state index is 0.107. The highest BCUT2D eigenvalue weighted by Crippen LogP contribution is 2.27. The molecule has 1 unspecified atom stereocenters. The van der Waals surface area contributed by atoms with Crippen molar-refractivity contribution < 1.29 is 13.2 Å². The molecule has 24 heavy (non-hydrogen) atoms. The molecule has 0 spiro atoms. The van der Waals surface area contributed by atoms with Gasteiger partial charge in [0.05, 0.1) is 11.1 Å². The zero-order valence-corrected chi connectivity index (χ0v) is 14.5. The van der Waals surface area contributed by atoms with Crippen LogP contribution in [0.25, 0.3) is 0 Å². The lowest BCUT2D eigenvalue weighted by Crippen LogP contribution is -2.33. The summed E-state index contributed by atoms with van der Waals surface area (Å²) in [5, 5.41) is 4.51. The molecule has 0 radical (unpaired) electrons. The summed E-state index contributed by atoms with van der Waals surface area (Å²) in [6, 6.07) is 0.774. The summed E-state index contributed by atoms with van der Waals surface area (Å²) in [5.41, 5.74) is 5.68. The van der Waals surface area contributed by atoms with Crippen molar-refractivity contribution >= 4 is 27.4 Å². The predicted octanol–water partition coefficient (Wildman–Crippen LogP) is 0.869. The fourth-order valence-corrected chi connectivity index (χ4v) is 4.16. The molecular formula is C13H17ClN6O3S. The van der Waals surface area contributed by atoms with Crippen molar-refractivity contribution in [1.82, 2.24) is 24.5 Å². The zero-order chi connectivity index (χ0) is 17.3. The van der Waals surface area contributed by atoms with Crippen molar-refractivity contribution in [3.8, 4) is 0 Å². The maximum absolute atomic E-state index is 12.6. The second-order valence-electron chi connectivity index (χ2n) is 5.40. The third kappa shape index (κ3) is 3.36. The lowest BCUT2D eigenvalue weighted by atomic mass is 10.1. The molecule has 0 amide bonds. The number of methoxy groups -OCH3 is 1. The number of nitrogen functional groups attached to an aromatic ring is 1. The van der Waals surface area contributed by atoms with Gasteiger partial charge in [-0.25, -0.2) is 27.8 Å². The molecule has 2 aromatic rings. The van der Waals surface area contributed by atoms with E-state index in [-0.39, 0.29) is 22.3 Å². The summed E-state index contributed by atoms with van der Waals surface area (Å²) in [4.78, 5) is 8.01. The fourth-order valence-electron chi connectivity index (χ4n) is 2.60. The SMILES string of the molecule is COCc1nc2n(n1)CCCC2NS(=O)(=O)c1cc(Cl)cnc1N. The second-order valence-corrected chi connectivity index (χ2v) is 7.51. The Bertz CT molecular complexity index is 853. The van der Waals surface area contributed by atoms with Crippen LogP contribution in [0.4, 0.5) is 5.82 Å². The summed E-state index contributed by atoms with van der Waals surface area (Å²) >= 11 is 5.83. The quantitative estimate of drug-likeness (QED) is 0.797. The van der Waals surface area contributed by atoms with Gasteiger partial charge in [0, 0.05) is 19.9 Å². The van der Waals surface area contributed by atoms with Gasteiger partial charge in [-0.2, -0.15) is 5.10 Å². The first kappa shape index (κ1) is 17.1. The van der Waals surface area contributed by atoms with E-state index in [1.54, 1.807) is 11.8 Å². The van der Waals surface area contributed by atoms with Crippen molar-refractivity contribution in [1.29, 1.82) is 0 Å². The number of sulfonamides is 1. The van der Waals surface area contributed by atoms with Gasteiger partial charge in [0.25, 0.3) is 0 Å². The number of pyridine rings is 1. The zero-order valence-electron chi connectivity index (χ0n) is 12.9. The van der Waals surface area contributed by atoms with Crippen molar-refractivity contribution in [2.24, 2.45) is 0 Å². The molecule has 1 aliphatic heterocycles. The first-order valence-corrected chi connectivity index (χ1v) is 9.12. The first-order chi connectivity index (χ1) is 11.4. The summed E-state index contributed by atoms with van der Waals surface area (Å²) in [7, 11) is -2.34. The number of ether oxygens (including phenoxy) is 1. The number of fused-ring (bicyclic) bond motifs is 1. The van der Waals surface area contributed by atoms with E-state index in [9.17, 15) is 8.42 Å². The number of nitrogens with two attached hydrogens (primary N) is 1. The molecule has 3 heterocycles. The molecule has 0 aromatic carbocycles. The van der Waals surface area contributed by atoms with Crippen LogP contribution in [0.3, 0.4) is 0 Å². The molecule has 0 bridgehead atoms. The number of hydrogen-bond donors (Lipinski definition) is 2. The topological polar surface area (TPSA) is 125 Å². The standard InChI is InChI=1S/C13H17ClN6O3S/c1-23-7-11-17-13-9(3-2-4-20(13)18-11)19-24(21,22)10-5-8(14)6-16-12(10)15/h5-6,9,19H,2-4,7H2,1H3,(H2,15,16). The molecule has 3 N–H and O–H groups in total. The lowest BCUT2D eigenvalue weighted by Gasteiger charge is -2.23. The highest BCUT2D eigenvalue weighted by Gasteiger charge is 2.30. The number of rotatable bonds is 5. The number of nitrogens with one attached hydrogen (secondary N) is 1. The minimum Gasteiger partial charge on any atom is -0.383 e. The number of hydrogen-bond acceptors (Lipinski definition) is 7. The molecule has 0 saturated heterocycles. The Labute approximate surface area is 144 Å². The molecule has 1 aliphatic rings. The van der Waals surface area contributed by atoms with E-state index < -0.39 is 16.1 Å². The van der Waals surface area contributed by atoms with Crippen LogP contribution in [-0.2, 0) is 27.9 Å². The monoisotopic (exact) mass is 372 g/mol. The van der Waals surface area contributed by atoms with E-state index in [0.29, 0.717) is 24.6 Å². The van der Waals surface area contributed by atoms with Gasteiger partial charge in [0.15, 0.2) is 5.82 Å². The van der Waals surface area contributed by atoms with E-state index in [4.69, 9.17) is 22.1 Å². The van der Waals surface area contributed by atoms with Gasteiger partial charge < -0.3 is 10.5 Å². The lowest BCUT2D eigenvalue weighted by molar-refractivity contribution is 0.177. The first-order valence-electron chi connectivity index (χ1n) is 7.26. The second kappa shape index (κ2) is 6.63. The molecule has 1 atom stereocenters. The van der Waals surface area contributed by atoms with Crippen molar-refractivity contribution in [2.75, 3.05) is 12.8 Å². The van der Waals surface area contributed by atoms with Crippen LogP contribution in [0, 0.1) is 0 Å². The Morgan fingerprint density at radius 3 is 3.08 bits per heavy atom. The molecule has 0 saturated carbocycles. The van der Waals surface area contributed by atoms with Gasteiger partial charge in [0.2, 0.25) is 10.0 Å². The van der Waals surface area contributed by atoms with Crippen molar-refractivity contribution in [2.45, 2.75) is 36.9 Å². The summed E-state index contributed by atoms with van der Waals surface area (Å²) in [6.07, 6.45) is 2.68.